The van der Waals surface area contributed by atoms with Gasteiger partial charge in [0.25, 0.3) is 0 Å². The van der Waals surface area contributed by atoms with E-state index in [2.05, 4.69) is 4.74 Å². The lowest BCUT2D eigenvalue weighted by atomic mass is 10.1. The van der Waals surface area contributed by atoms with E-state index in [4.69, 9.17) is 9.47 Å². The maximum Gasteiger partial charge on any atom is 0.349 e. The van der Waals surface area contributed by atoms with Crippen LogP contribution in [0.2, 0.25) is 0 Å². The summed E-state index contributed by atoms with van der Waals surface area (Å²) in [5.74, 6) is -0.837. The number of hydrogen-bond acceptors (Lipinski definition) is 7. The van der Waals surface area contributed by atoms with E-state index in [1.165, 1.54) is 19.2 Å². The summed E-state index contributed by atoms with van der Waals surface area (Å²) in [6.07, 6.45) is -0.00129. The summed E-state index contributed by atoms with van der Waals surface area (Å²) in [4.78, 5) is 23.3. The standard InChI is InChI=1S/C15H19NO7S/c1-4-22-15(18)13-9-16(24(3,19)20)11-7-10(8-14(17)21-2)5-6-12(11)23-13/h5-7,13H,4,8-9H2,1-3H3/t13-/m1/s1. The Morgan fingerprint density at radius 1 is 1.38 bits per heavy atom. The zero-order chi connectivity index (χ0) is 17.9. The lowest BCUT2D eigenvalue weighted by Gasteiger charge is -2.33. The van der Waals surface area contributed by atoms with Crippen LogP contribution in [-0.2, 0) is 35.5 Å². The average Bonchev–Trinajstić information content (AvgIpc) is 2.52. The van der Waals surface area contributed by atoms with E-state index in [1.807, 2.05) is 0 Å². The topological polar surface area (TPSA) is 99.2 Å². The summed E-state index contributed by atoms with van der Waals surface area (Å²) in [6.45, 7) is 1.64. The van der Waals surface area contributed by atoms with Gasteiger partial charge in [0.2, 0.25) is 16.1 Å². The van der Waals surface area contributed by atoms with Crippen molar-refractivity contribution in [2.45, 2.75) is 19.4 Å². The molecule has 0 bridgehead atoms. The van der Waals surface area contributed by atoms with Gasteiger partial charge in [0.05, 0.1) is 38.6 Å². The highest BCUT2D eigenvalue weighted by Gasteiger charge is 2.36. The van der Waals surface area contributed by atoms with Gasteiger partial charge in [-0.15, -0.1) is 0 Å². The molecule has 0 aliphatic carbocycles. The van der Waals surface area contributed by atoms with Crippen LogP contribution in [-0.4, -0.2) is 53.0 Å². The van der Waals surface area contributed by atoms with Gasteiger partial charge in [-0.05, 0) is 24.6 Å². The van der Waals surface area contributed by atoms with Crippen molar-refractivity contribution in [3.8, 4) is 5.75 Å². The van der Waals surface area contributed by atoms with Gasteiger partial charge < -0.3 is 14.2 Å². The van der Waals surface area contributed by atoms with Gasteiger partial charge in [-0.1, -0.05) is 6.07 Å². The monoisotopic (exact) mass is 357 g/mol. The third kappa shape index (κ3) is 3.97. The first-order valence-electron chi connectivity index (χ1n) is 7.27. The minimum Gasteiger partial charge on any atom is -0.475 e. The number of sulfonamides is 1. The smallest absolute Gasteiger partial charge is 0.349 e. The van der Waals surface area contributed by atoms with Gasteiger partial charge in [-0.2, -0.15) is 0 Å². The van der Waals surface area contributed by atoms with Crippen molar-refractivity contribution in [2.24, 2.45) is 0 Å². The minimum absolute atomic E-state index is 0.00267. The Balaban J connectivity index is 2.39. The highest BCUT2D eigenvalue weighted by molar-refractivity contribution is 7.92. The van der Waals surface area contributed by atoms with Gasteiger partial charge >= 0.3 is 11.9 Å². The second-order valence-electron chi connectivity index (χ2n) is 5.21. The van der Waals surface area contributed by atoms with Crippen LogP contribution >= 0.6 is 0 Å². The van der Waals surface area contributed by atoms with Crippen molar-refractivity contribution in [3.05, 3.63) is 23.8 Å². The maximum atomic E-state index is 12.1. The predicted octanol–water partition coefficient (Wildman–Crippen LogP) is 0.492. The van der Waals surface area contributed by atoms with Crippen LogP contribution in [0, 0.1) is 0 Å². The summed E-state index contributed by atoms with van der Waals surface area (Å²) in [6, 6.07) is 4.68. The molecular formula is C15H19NO7S. The molecule has 1 aliphatic rings. The van der Waals surface area contributed by atoms with Crippen molar-refractivity contribution < 1.29 is 32.2 Å². The number of benzene rings is 1. The largest absolute Gasteiger partial charge is 0.475 e. The number of esters is 2. The number of methoxy groups -OCH3 is 1. The first-order valence-corrected chi connectivity index (χ1v) is 9.11. The first kappa shape index (κ1) is 18.1. The molecule has 8 nitrogen and oxygen atoms in total. The Labute approximate surface area is 140 Å². The normalized spacial score (nSPS) is 16.8. The van der Waals surface area contributed by atoms with Crippen molar-refractivity contribution in [1.82, 2.24) is 0 Å². The van der Waals surface area contributed by atoms with Crippen LogP contribution in [0.5, 0.6) is 5.75 Å². The maximum absolute atomic E-state index is 12.1. The number of carbonyl (C=O) groups excluding carboxylic acids is 2. The number of fused-ring (bicyclic) bond motifs is 1. The molecule has 0 fully saturated rings. The molecule has 1 atom stereocenters. The first-order chi connectivity index (χ1) is 11.3. The Hall–Kier alpha value is -2.29. The molecule has 0 radical (unpaired) electrons. The zero-order valence-electron chi connectivity index (χ0n) is 13.6. The van der Waals surface area contributed by atoms with Crippen molar-refractivity contribution in [3.63, 3.8) is 0 Å². The summed E-state index contributed by atoms with van der Waals surface area (Å²) in [7, 11) is -2.37. The van der Waals surface area contributed by atoms with Crippen molar-refractivity contribution in [2.75, 3.05) is 30.8 Å². The highest BCUT2D eigenvalue weighted by atomic mass is 32.2. The number of carbonyl (C=O) groups is 2. The second kappa shape index (κ2) is 7.08. The lowest BCUT2D eigenvalue weighted by Crippen LogP contribution is -2.47. The summed E-state index contributed by atoms with van der Waals surface area (Å²) in [5.41, 5.74) is 0.854. The fourth-order valence-corrected chi connectivity index (χ4v) is 3.22. The van der Waals surface area contributed by atoms with E-state index < -0.39 is 28.1 Å². The summed E-state index contributed by atoms with van der Waals surface area (Å²) >= 11 is 0. The van der Waals surface area contributed by atoms with E-state index in [0.717, 1.165) is 10.6 Å². The SMILES string of the molecule is CCOC(=O)[C@H]1CN(S(C)(=O)=O)c2cc(CC(=O)OC)ccc2O1. The number of anilines is 1. The molecule has 0 aromatic heterocycles. The Bertz CT molecular complexity index is 744. The van der Waals surface area contributed by atoms with Crippen LogP contribution in [0.15, 0.2) is 18.2 Å². The second-order valence-corrected chi connectivity index (χ2v) is 7.11. The van der Waals surface area contributed by atoms with Gasteiger partial charge in [0, 0.05) is 0 Å². The average molecular weight is 357 g/mol. The van der Waals surface area contributed by atoms with Gasteiger partial charge in [0.1, 0.15) is 5.75 Å². The highest BCUT2D eigenvalue weighted by Crippen LogP contribution is 2.36. The molecule has 0 saturated heterocycles. The molecule has 1 aliphatic heterocycles. The molecule has 1 heterocycles. The number of rotatable bonds is 5. The van der Waals surface area contributed by atoms with Gasteiger partial charge in [0.15, 0.2) is 0 Å². The predicted molar refractivity (Wildman–Crippen MR) is 85.4 cm³/mol. The molecule has 0 amide bonds. The number of ether oxygens (including phenoxy) is 3. The van der Waals surface area contributed by atoms with Crippen LogP contribution in [0.1, 0.15) is 12.5 Å². The molecule has 0 N–H and O–H groups in total. The third-order valence-electron chi connectivity index (χ3n) is 3.42. The molecule has 132 valence electrons. The Kier molecular flexibility index (Phi) is 5.33. The molecule has 0 saturated carbocycles. The number of nitrogens with zero attached hydrogens (tertiary/aromatic N) is 1. The van der Waals surface area contributed by atoms with E-state index in [1.54, 1.807) is 13.0 Å². The van der Waals surface area contributed by atoms with Crippen LogP contribution in [0.25, 0.3) is 0 Å². The van der Waals surface area contributed by atoms with Crippen LogP contribution in [0.3, 0.4) is 0 Å². The van der Waals surface area contributed by atoms with E-state index in [9.17, 15) is 18.0 Å². The lowest BCUT2D eigenvalue weighted by molar-refractivity contribution is -0.151. The van der Waals surface area contributed by atoms with E-state index in [-0.39, 0.29) is 31.0 Å². The molecule has 0 unspecified atom stereocenters. The molecule has 9 heteroatoms. The van der Waals surface area contributed by atoms with Crippen LogP contribution in [0.4, 0.5) is 5.69 Å². The molecule has 0 spiro atoms. The fourth-order valence-electron chi connectivity index (χ4n) is 2.32. The zero-order valence-corrected chi connectivity index (χ0v) is 14.5. The van der Waals surface area contributed by atoms with Crippen molar-refractivity contribution in [1.29, 1.82) is 0 Å². The Morgan fingerprint density at radius 2 is 2.08 bits per heavy atom. The summed E-state index contributed by atoms with van der Waals surface area (Å²) in [5, 5.41) is 0. The minimum atomic E-state index is -3.64. The van der Waals surface area contributed by atoms with Crippen LogP contribution < -0.4 is 9.04 Å². The van der Waals surface area contributed by atoms with E-state index >= 15 is 0 Å². The molecule has 1 aromatic rings. The van der Waals surface area contributed by atoms with Gasteiger partial charge in [-0.3, -0.25) is 9.10 Å². The quantitative estimate of drug-likeness (QED) is 0.707. The Morgan fingerprint density at radius 3 is 2.67 bits per heavy atom. The van der Waals surface area contributed by atoms with Crippen molar-refractivity contribution >= 4 is 27.6 Å². The molecule has 1 aromatic carbocycles. The molecular weight excluding hydrogens is 338 g/mol. The number of hydrogen-bond donors (Lipinski definition) is 0. The third-order valence-corrected chi connectivity index (χ3v) is 4.57. The molecule has 24 heavy (non-hydrogen) atoms. The molecule has 2 rings (SSSR count). The fraction of sp³-hybridized carbons (Fsp3) is 0.467. The summed E-state index contributed by atoms with van der Waals surface area (Å²) < 4.78 is 40.3. The van der Waals surface area contributed by atoms with Gasteiger partial charge in [-0.25, -0.2) is 13.2 Å². The van der Waals surface area contributed by atoms with E-state index in [0.29, 0.717) is 5.56 Å².